The van der Waals surface area contributed by atoms with Gasteiger partial charge in [-0.3, -0.25) is 10.1 Å². The summed E-state index contributed by atoms with van der Waals surface area (Å²) in [7, 11) is 5.28. The van der Waals surface area contributed by atoms with Crippen LogP contribution in [0.2, 0.25) is 0 Å². The molecule has 2 rings (SSSR count). The smallest absolute Gasteiger partial charge is 0.337 e. The van der Waals surface area contributed by atoms with Crippen molar-refractivity contribution in [3.05, 3.63) is 53.1 Å². The molecule has 0 saturated heterocycles. The highest BCUT2D eigenvalue weighted by Gasteiger charge is 2.20. The lowest BCUT2D eigenvalue weighted by molar-refractivity contribution is 0.0599. The standard InChI is InChI=1S/C20H20N2O7S/c1-26-14-6-5-7-15(27-2)16(14)17(23)22-20(30)21-13-9-11(18(24)28-3)8-12(10-13)19(25)29-4/h5-10H,1-4H3,(H2,21,22,23,30). The number of ether oxygens (including phenoxy) is 4. The molecule has 0 heterocycles. The number of rotatable bonds is 6. The van der Waals surface area contributed by atoms with E-state index in [-0.39, 0.29) is 27.5 Å². The van der Waals surface area contributed by atoms with Gasteiger partial charge in [-0.1, -0.05) is 6.07 Å². The van der Waals surface area contributed by atoms with E-state index in [9.17, 15) is 14.4 Å². The third-order valence-electron chi connectivity index (χ3n) is 3.92. The van der Waals surface area contributed by atoms with Crippen LogP contribution in [0.25, 0.3) is 0 Å². The second kappa shape index (κ2) is 10.2. The van der Waals surface area contributed by atoms with Crippen LogP contribution < -0.4 is 20.1 Å². The van der Waals surface area contributed by atoms with Crippen LogP contribution in [0, 0.1) is 0 Å². The number of carbonyl (C=O) groups excluding carboxylic acids is 3. The average molecular weight is 432 g/mol. The van der Waals surface area contributed by atoms with Crippen molar-refractivity contribution in [2.75, 3.05) is 33.8 Å². The molecule has 0 bridgehead atoms. The van der Waals surface area contributed by atoms with Gasteiger partial charge in [-0.15, -0.1) is 0 Å². The molecule has 0 spiro atoms. The number of anilines is 1. The molecule has 0 atom stereocenters. The van der Waals surface area contributed by atoms with Gasteiger partial charge in [0.25, 0.3) is 5.91 Å². The van der Waals surface area contributed by atoms with E-state index in [2.05, 4.69) is 20.1 Å². The lowest BCUT2D eigenvalue weighted by atomic mass is 10.1. The zero-order chi connectivity index (χ0) is 22.3. The summed E-state index contributed by atoms with van der Waals surface area (Å²) in [6.07, 6.45) is 0. The van der Waals surface area contributed by atoms with E-state index < -0.39 is 17.8 Å². The molecule has 0 unspecified atom stereocenters. The molecule has 0 fully saturated rings. The number of carbonyl (C=O) groups is 3. The summed E-state index contributed by atoms with van der Waals surface area (Å²) in [5, 5.41) is 5.19. The van der Waals surface area contributed by atoms with Crippen molar-refractivity contribution < 1.29 is 33.3 Å². The Morgan fingerprint density at radius 1 is 0.833 bits per heavy atom. The Morgan fingerprint density at radius 2 is 1.33 bits per heavy atom. The number of methoxy groups -OCH3 is 4. The van der Waals surface area contributed by atoms with E-state index in [1.54, 1.807) is 18.2 Å². The molecule has 0 radical (unpaired) electrons. The zero-order valence-corrected chi connectivity index (χ0v) is 17.5. The van der Waals surface area contributed by atoms with Gasteiger partial charge in [-0.2, -0.15) is 0 Å². The number of benzene rings is 2. The summed E-state index contributed by atoms with van der Waals surface area (Å²) in [4.78, 5) is 36.5. The second-order valence-electron chi connectivity index (χ2n) is 5.73. The van der Waals surface area contributed by atoms with Crippen LogP contribution in [0.3, 0.4) is 0 Å². The Bertz CT molecular complexity index is 935. The van der Waals surface area contributed by atoms with Crippen LogP contribution in [0.4, 0.5) is 5.69 Å². The first kappa shape index (κ1) is 22.6. The molecule has 1 amide bonds. The number of nitrogens with one attached hydrogen (secondary N) is 2. The fourth-order valence-electron chi connectivity index (χ4n) is 2.57. The number of hydrogen-bond donors (Lipinski definition) is 2. The van der Waals surface area contributed by atoms with Gasteiger partial charge < -0.3 is 24.3 Å². The first-order valence-electron chi connectivity index (χ1n) is 8.49. The fraction of sp³-hybridized carbons (Fsp3) is 0.200. The Kier molecular flexibility index (Phi) is 7.70. The van der Waals surface area contributed by atoms with Gasteiger partial charge in [-0.05, 0) is 42.5 Å². The molecule has 30 heavy (non-hydrogen) atoms. The monoisotopic (exact) mass is 432 g/mol. The average Bonchev–Trinajstić information content (AvgIpc) is 2.76. The molecule has 0 saturated carbocycles. The molecule has 0 aromatic heterocycles. The van der Waals surface area contributed by atoms with E-state index in [0.717, 1.165) is 0 Å². The molecule has 10 heteroatoms. The molecule has 0 aliphatic rings. The molecule has 2 N–H and O–H groups in total. The summed E-state index contributed by atoms with van der Waals surface area (Å²) < 4.78 is 19.8. The van der Waals surface area contributed by atoms with Crippen LogP contribution in [0.1, 0.15) is 31.1 Å². The molecular formula is C20H20N2O7S. The molecule has 2 aromatic carbocycles. The lowest BCUT2D eigenvalue weighted by Crippen LogP contribution is -2.34. The van der Waals surface area contributed by atoms with E-state index >= 15 is 0 Å². The number of thiocarbonyl (C=S) groups is 1. The maximum atomic E-state index is 12.7. The predicted octanol–water partition coefficient (Wildman–Crippen LogP) is 2.40. The first-order chi connectivity index (χ1) is 14.3. The Morgan fingerprint density at radius 3 is 1.77 bits per heavy atom. The van der Waals surface area contributed by atoms with Gasteiger partial charge in [0.15, 0.2) is 5.11 Å². The van der Waals surface area contributed by atoms with Crippen molar-refractivity contribution in [2.24, 2.45) is 0 Å². The van der Waals surface area contributed by atoms with Gasteiger partial charge in [0.05, 0.1) is 39.6 Å². The molecule has 9 nitrogen and oxygen atoms in total. The summed E-state index contributed by atoms with van der Waals surface area (Å²) >= 11 is 5.19. The van der Waals surface area contributed by atoms with Gasteiger partial charge >= 0.3 is 11.9 Å². The number of amides is 1. The van der Waals surface area contributed by atoms with Crippen molar-refractivity contribution in [2.45, 2.75) is 0 Å². The molecule has 0 aliphatic heterocycles. The van der Waals surface area contributed by atoms with Gasteiger partial charge in [0.2, 0.25) is 0 Å². The Balaban J connectivity index is 2.27. The second-order valence-corrected chi connectivity index (χ2v) is 6.14. The lowest BCUT2D eigenvalue weighted by Gasteiger charge is -2.15. The largest absolute Gasteiger partial charge is 0.496 e. The molecule has 0 aliphatic carbocycles. The highest BCUT2D eigenvalue weighted by molar-refractivity contribution is 7.80. The summed E-state index contributed by atoms with van der Waals surface area (Å²) in [6.45, 7) is 0. The SMILES string of the molecule is COC(=O)c1cc(NC(=S)NC(=O)c2c(OC)cccc2OC)cc(C(=O)OC)c1. The normalized spacial score (nSPS) is 9.87. The summed E-state index contributed by atoms with van der Waals surface area (Å²) in [5.74, 6) is -1.28. The van der Waals surface area contributed by atoms with Crippen molar-refractivity contribution in [1.29, 1.82) is 0 Å². The number of esters is 2. The number of hydrogen-bond acceptors (Lipinski definition) is 8. The molecule has 158 valence electrons. The van der Waals surface area contributed by atoms with Crippen LogP contribution in [-0.2, 0) is 9.47 Å². The van der Waals surface area contributed by atoms with Gasteiger partial charge in [0, 0.05) is 5.69 Å². The highest BCUT2D eigenvalue weighted by atomic mass is 32.1. The maximum Gasteiger partial charge on any atom is 0.337 e. The van der Waals surface area contributed by atoms with Crippen molar-refractivity contribution in [3.63, 3.8) is 0 Å². The van der Waals surface area contributed by atoms with Crippen molar-refractivity contribution in [3.8, 4) is 11.5 Å². The van der Waals surface area contributed by atoms with E-state index in [4.69, 9.17) is 21.7 Å². The van der Waals surface area contributed by atoms with Gasteiger partial charge in [-0.25, -0.2) is 9.59 Å². The topological polar surface area (TPSA) is 112 Å². The van der Waals surface area contributed by atoms with Crippen molar-refractivity contribution >= 4 is 40.9 Å². The fourth-order valence-corrected chi connectivity index (χ4v) is 2.78. The van der Waals surface area contributed by atoms with E-state index in [0.29, 0.717) is 11.5 Å². The van der Waals surface area contributed by atoms with Crippen LogP contribution in [-0.4, -0.2) is 51.4 Å². The maximum absolute atomic E-state index is 12.7. The quantitative estimate of drug-likeness (QED) is 0.525. The third-order valence-corrected chi connectivity index (χ3v) is 4.12. The zero-order valence-electron chi connectivity index (χ0n) is 16.7. The minimum atomic E-state index is -0.655. The highest BCUT2D eigenvalue weighted by Crippen LogP contribution is 2.28. The first-order valence-corrected chi connectivity index (χ1v) is 8.90. The minimum Gasteiger partial charge on any atom is -0.496 e. The Labute approximate surface area is 178 Å². The minimum absolute atomic E-state index is 0.0780. The van der Waals surface area contributed by atoms with Crippen LogP contribution in [0.5, 0.6) is 11.5 Å². The van der Waals surface area contributed by atoms with E-state index in [1.165, 1.54) is 46.6 Å². The van der Waals surface area contributed by atoms with E-state index in [1.807, 2.05) is 0 Å². The summed E-state index contributed by atoms with van der Waals surface area (Å²) in [5.41, 5.74) is 0.632. The molecule has 2 aromatic rings. The Hall–Kier alpha value is -3.66. The van der Waals surface area contributed by atoms with Gasteiger partial charge in [0.1, 0.15) is 17.1 Å². The van der Waals surface area contributed by atoms with Crippen molar-refractivity contribution in [1.82, 2.24) is 5.32 Å². The summed E-state index contributed by atoms with van der Waals surface area (Å²) in [6, 6.07) is 9.05. The third kappa shape index (κ3) is 5.23. The van der Waals surface area contributed by atoms with Crippen LogP contribution in [0.15, 0.2) is 36.4 Å². The van der Waals surface area contributed by atoms with Crippen LogP contribution >= 0.6 is 12.2 Å². The molecular weight excluding hydrogens is 412 g/mol. The predicted molar refractivity (Wildman–Crippen MR) is 112 cm³/mol.